The maximum atomic E-state index is 15.5. The third-order valence-electron chi connectivity index (χ3n) is 6.47. The van der Waals surface area contributed by atoms with Crippen LogP contribution in [0.4, 0.5) is 14.9 Å². The average Bonchev–Trinajstić information content (AvgIpc) is 3.12. The molecule has 162 valence electrons. The van der Waals surface area contributed by atoms with Crippen molar-refractivity contribution in [2.45, 2.75) is 18.5 Å². The minimum Gasteiger partial charge on any atom is -0.487 e. The number of rotatable bonds is 3. The number of carboxylic acid groups (broad SMARTS) is 1. The van der Waals surface area contributed by atoms with Crippen molar-refractivity contribution in [2.75, 3.05) is 31.6 Å². The molecule has 1 aromatic carbocycles. The van der Waals surface area contributed by atoms with Gasteiger partial charge in [0, 0.05) is 19.0 Å². The van der Waals surface area contributed by atoms with Crippen LogP contribution in [0.15, 0.2) is 41.4 Å². The molecule has 3 heterocycles. The molecule has 1 saturated heterocycles. The van der Waals surface area contributed by atoms with Gasteiger partial charge in [0.15, 0.2) is 17.3 Å². The zero-order valence-electron chi connectivity index (χ0n) is 17.1. The zero-order valence-corrected chi connectivity index (χ0v) is 17.1. The molecule has 2 N–H and O–H groups in total. The molecule has 3 atom stereocenters. The summed E-state index contributed by atoms with van der Waals surface area (Å²) in [6.45, 7) is 3.24. The summed E-state index contributed by atoms with van der Waals surface area (Å²) in [7, 11) is 1.89. The topological polar surface area (TPSA) is 93.0 Å². The Morgan fingerprint density at radius 2 is 2.23 bits per heavy atom. The summed E-state index contributed by atoms with van der Waals surface area (Å²) < 4.78 is 27.8. The van der Waals surface area contributed by atoms with Crippen LogP contribution in [0.1, 0.15) is 13.0 Å². The lowest BCUT2D eigenvalue weighted by Crippen LogP contribution is -2.48. The summed E-state index contributed by atoms with van der Waals surface area (Å²) >= 11 is 0. The highest BCUT2D eigenvalue weighted by Crippen LogP contribution is 2.45. The molecule has 8 nitrogen and oxygen atoms in total. The molecule has 0 amide bonds. The first-order chi connectivity index (χ1) is 14.8. The highest BCUT2D eigenvalue weighted by Gasteiger charge is 2.45. The number of benzene rings is 1. The van der Waals surface area contributed by atoms with Crippen LogP contribution >= 0.6 is 0 Å². The second-order valence-electron chi connectivity index (χ2n) is 8.21. The number of anilines is 1. The molecule has 1 aromatic heterocycles. The van der Waals surface area contributed by atoms with E-state index in [1.54, 1.807) is 4.57 Å². The number of allylic oxidation sites excluding steroid dienone is 2. The molecular formula is C22H22FN3O5. The van der Waals surface area contributed by atoms with Crippen LogP contribution in [0.5, 0.6) is 11.5 Å². The van der Waals surface area contributed by atoms with Gasteiger partial charge in [-0.15, -0.1) is 0 Å². The van der Waals surface area contributed by atoms with Crippen LogP contribution in [0.3, 0.4) is 0 Å². The number of carbonyl (C=O) groups is 1. The molecule has 0 saturated carbocycles. The second-order valence-corrected chi connectivity index (χ2v) is 8.21. The van der Waals surface area contributed by atoms with Gasteiger partial charge < -0.3 is 29.4 Å². The molecule has 31 heavy (non-hydrogen) atoms. The number of pyridine rings is 1. The molecule has 2 aliphatic heterocycles. The van der Waals surface area contributed by atoms with Crippen molar-refractivity contribution in [3.63, 3.8) is 0 Å². The van der Waals surface area contributed by atoms with Gasteiger partial charge in [-0.25, -0.2) is 9.18 Å². The molecule has 5 rings (SSSR count). The molecule has 1 fully saturated rings. The molecule has 3 aliphatic rings. The molecule has 1 aliphatic carbocycles. The second kappa shape index (κ2) is 6.84. The number of nitrogens with one attached hydrogen (secondary N) is 1. The number of fused-ring (bicyclic) bond motifs is 1. The van der Waals surface area contributed by atoms with Gasteiger partial charge >= 0.3 is 6.16 Å². The average molecular weight is 427 g/mol. The minimum absolute atomic E-state index is 0.0290. The third-order valence-corrected chi connectivity index (χ3v) is 6.47. The Morgan fingerprint density at radius 1 is 1.42 bits per heavy atom. The van der Waals surface area contributed by atoms with E-state index >= 15 is 4.39 Å². The van der Waals surface area contributed by atoms with Gasteiger partial charge in [-0.3, -0.25) is 4.79 Å². The Kier molecular flexibility index (Phi) is 4.33. The van der Waals surface area contributed by atoms with Gasteiger partial charge in [0.05, 0.1) is 28.7 Å². The Labute approximate surface area is 177 Å². The predicted molar refractivity (Wildman–Crippen MR) is 113 cm³/mol. The normalized spacial score (nSPS) is 26.1. The standard InChI is InChI=1S/C22H22FN3O5/c1-12-10-30-20-17-14(19(27)16(9-26(12)17)31-21(28)29)7-15(23)18(20)25-8-13-5-3-4-6-22(13,11-25)24-2/h3-7,9,12-13,24H,8,10-11H2,1-2H3,(H,28,29). The van der Waals surface area contributed by atoms with Crippen molar-refractivity contribution in [3.8, 4) is 11.5 Å². The fraction of sp³-hybridized carbons (Fsp3) is 0.364. The monoisotopic (exact) mass is 427 g/mol. The maximum Gasteiger partial charge on any atom is 0.511 e. The molecule has 2 aromatic rings. The largest absolute Gasteiger partial charge is 0.511 e. The number of halogens is 1. The van der Waals surface area contributed by atoms with E-state index in [0.717, 1.165) is 6.07 Å². The summed E-state index contributed by atoms with van der Waals surface area (Å²) in [4.78, 5) is 25.8. The first-order valence-electron chi connectivity index (χ1n) is 10.1. The van der Waals surface area contributed by atoms with E-state index in [0.29, 0.717) is 30.0 Å². The molecule has 9 heteroatoms. The highest BCUT2D eigenvalue weighted by atomic mass is 19.1. The third kappa shape index (κ3) is 2.83. The number of aromatic nitrogens is 1. The van der Waals surface area contributed by atoms with Crippen LogP contribution in [0.25, 0.3) is 10.9 Å². The Bertz CT molecular complexity index is 1220. The van der Waals surface area contributed by atoms with Gasteiger partial charge in [0.1, 0.15) is 12.3 Å². The SMILES string of the molecule is CNC12C=CC=CC1CN(c1c(F)cc3c(=O)c(OC(=O)O)cn4c3c1OCC4C)C2. The van der Waals surface area contributed by atoms with Gasteiger partial charge in [-0.2, -0.15) is 0 Å². The Balaban J connectivity index is 1.71. The van der Waals surface area contributed by atoms with E-state index in [4.69, 9.17) is 9.84 Å². The lowest BCUT2D eigenvalue weighted by molar-refractivity contribution is 0.143. The summed E-state index contributed by atoms with van der Waals surface area (Å²) in [6, 6.07) is 0.962. The lowest BCUT2D eigenvalue weighted by atomic mass is 9.84. The van der Waals surface area contributed by atoms with Crippen molar-refractivity contribution < 1.29 is 23.8 Å². The van der Waals surface area contributed by atoms with Crippen LogP contribution in [0.2, 0.25) is 0 Å². The molecule has 0 bridgehead atoms. The Hall–Kier alpha value is -3.33. The van der Waals surface area contributed by atoms with Gasteiger partial charge in [0.25, 0.3) is 0 Å². The van der Waals surface area contributed by atoms with Crippen LogP contribution in [-0.2, 0) is 0 Å². The molecule has 0 radical (unpaired) electrons. The predicted octanol–water partition coefficient (Wildman–Crippen LogP) is 2.67. The van der Waals surface area contributed by atoms with E-state index < -0.39 is 17.4 Å². The quantitative estimate of drug-likeness (QED) is 0.728. The van der Waals surface area contributed by atoms with Crippen LogP contribution in [-0.4, -0.2) is 48.1 Å². The van der Waals surface area contributed by atoms with E-state index in [1.807, 2.05) is 31.0 Å². The first-order valence-corrected chi connectivity index (χ1v) is 10.1. The van der Waals surface area contributed by atoms with Gasteiger partial charge in [-0.05, 0) is 20.0 Å². The van der Waals surface area contributed by atoms with Crippen LogP contribution < -0.4 is 25.1 Å². The van der Waals surface area contributed by atoms with Crippen molar-refractivity contribution in [3.05, 3.63) is 52.6 Å². The van der Waals surface area contributed by atoms with E-state index in [9.17, 15) is 9.59 Å². The fourth-order valence-corrected chi connectivity index (χ4v) is 4.90. The summed E-state index contributed by atoms with van der Waals surface area (Å²) in [5, 5.41) is 12.4. The zero-order chi connectivity index (χ0) is 21.9. The summed E-state index contributed by atoms with van der Waals surface area (Å²) in [5.74, 6) is -0.500. The van der Waals surface area contributed by atoms with E-state index in [-0.39, 0.29) is 35.2 Å². The van der Waals surface area contributed by atoms with Crippen LogP contribution in [0, 0.1) is 11.7 Å². The first kappa shape index (κ1) is 19.6. The smallest absolute Gasteiger partial charge is 0.487 e. The molecule has 3 unspecified atom stereocenters. The summed E-state index contributed by atoms with van der Waals surface area (Å²) in [6.07, 6.45) is 7.94. The fourth-order valence-electron chi connectivity index (χ4n) is 4.90. The van der Waals surface area contributed by atoms with E-state index in [2.05, 4.69) is 22.2 Å². The summed E-state index contributed by atoms with van der Waals surface area (Å²) in [5.41, 5.74) is -0.253. The van der Waals surface area contributed by atoms with Crippen molar-refractivity contribution >= 4 is 22.7 Å². The maximum absolute atomic E-state index is 15.5. The lowest BCUT2D eigenvalue weighted by Gasteiger charge is -2.33. The number of nitrogens with zero attached hydrogens (tertiary/aromatic N) is 2. The Morgan fingerprint density at radius 3 is 2.94 bits per heavy atom. The highest BCUT2D eigenvalue weighted by molar-refractivity contribution is 5.93. The number of hydrogen-bond acceptors (Lipinski definition) is 6. The van der Waals surface area contributed by atoms with Crippen molar-refractivity contribution in [1.82, 2.24) is 9.88 Å². The molecule has 0 spiro atoms. The number of likely N-dealkylation sites (N-methyl/N-ethyl adjacent to an activating group) is 1. The molecular weight excluding hydrogens is 405 g/mol. The van der Waals surface area contributed by atoms with Crippen molar-refractivity contribution in [1.29, 1.82) is 0 Å². The van der Waals surface area contributed by atoms with E-state index in [1.165, 1.54) is 6.20 Å². The number of hydrogen-bond donors (Lipinski definition) is 2. The minimum atomic E-state index is -1.60. The van der Waals surface area contributed by atoms with Gasteiger partial charge in [0.2, 0.25) is 5.43 Å². The number of ether oxygens (including phenoxy) is 2. The van der Waals surface area contributed by atoms with Gasteiger partial charge in [-0.1, -0.05) is 24.3 Å². The van der Waals surface area contributed by atoms with Crippen molar-refractivity contribution in [2.24, 2.45) is 5.92 Å².